The molecule has 1 N–H and O–H groups in total. The Kier molecular flexibility index (Phi) is 3.78. The van der Waals surface area contributed by atoms with Gasteiger partial charge in [0.05, 0.1) is 17.4 Å². The van der Waals surface area contributed by atoms with E-state index in [1.165, 1.54) is 17.2 Å². The number of hydrogen-bond acceptors (Lipinski definition) is 2. The molecule has 0 bridgehead atoms. The van der Waals surface area contributed by atoms with E-state index in [0.717, 1.165) is 31.2 Å². The molecule has 1 aromatic carbocycles. The minimum absolute atomic E-state index is 0.0766. The van der Waals surface area contributed by atoms with Gasteiger partial charge in [0, 0.05) is 12.1 Å². The Labute approximate surface area is 124 Å². The van der Waals surface area contributed by atoms with Crippen LogP contribution in [0, 0.1) is 6.92 Å². The van der Waals surface area contributed by atoms with Gasteiger partial charge in [-0.1, -0.05) is 18.7 Å². The maximum Gasteiger partial charge on any atom is 0.243 e. The molecule has 2 atom stereocenters. The minimum atomic E-state index is -0.0766. The van der Waals surface area contributed by atoms with Crippen LogP contribution in [0.4, 0.5) is 0 Å². The molecule has 2 aromatic rings. The maximum atomic E-state index is 11.5. The van der Waals surface area contributed by atoms with Crippen molar-refractivity contribution in [3.05, 3.63) is 42.7 Å². The van der Waals surface area contributed by atoms with Crippen molar-refractivity contribution >= 4 is 16.9 Å². The van der Waals surface area contributed by atoms with Crippen LogP contribution in [0.25, 0.3) is 11.0 Å². The Hall–Kier alpha value is -2.10. The van der Waals surface area contributed by atoms with E-state index >= 15 is 0 Å². The van der Waals surface area contributed by atoms with Crippen molar-refractivity contribution in [1.29, 1.82) is 0 Å². The number of carbonyl (C=O) groups is 1. The Bertz CT molecular complexity index is 674. The highest BCUT2D eigenvalue weighted by Gasteiger charge is 2.25. The highest BCUT2D eigenvalue weighted by Crippen LogP contribution is 2.32. The van der Waals surface area contributed by atoms with E-state index < -0.39 is 0 Å². The summed E-state index contributed by atoms with van der Waals surface area (Å²) in [4.78, 5) is 16.0. The van der Waals surface area contributed by atoms with Gasteiger partial charge in [-0.2, -0.15) is 0 Å². The molecule has 3 rings (SSSR count). The first-order chi connectivity index (χ1) is 10.2. The molecular formula is C17H21N3O. The van der Waals surface area contributed by atoms with Crippen molar-refractivity contribution in [2.45, 2.75) is 44.7 Å². The van der Waals surface area contributed by atoms with Gasteiger partial charge in [-0.3, -0.25) is 4.79 Å². The Morgan fingerprint density at radius 2 is 2.33 bits per heavy atom. The van der Waals surface area contributed by atoms with Crippen molar-refractivity contribution < 1.29 is 4.79 Å². The predicted molar refractivity (Wildman–Crippen MR) is 84.1 cm³/mol. The van der Waals surface area contributed by atoms with Gasteiger partial charge in [-0.25, -0.2) is 4.98 Å². The van der Waals surface area contributed by atoms with Gasteiger partial charge in [-0.05, 0) is 50.3 Å². The normalized spacial score (nSPS) is 22.1. The number of amides is 1. The average Bonchev–Trinajstić information content (AvgIpc) is 2.93. The van der Waals surface area contributed by atoms with E-state index in [2.05, 4.69) is 40.5 Å². The third-order valence-electron chi connectivity index (χ3n) is 4.37. The molecule has 1 aromatic heterocycles. The average molecular weight is 283 g/mol. The van der Waals surface area contributed by atoms with E-state index in [1.54, 1.807) is 0 Å². The number of imidazole rings is 1. The van der Waals surface area contributed by atoms with Crippen LogP contribution >= 0.6 is 0 Å². The smallest absolute Gasteiger partial charge is 0.243 e. The fraction of sp³-hybridized carbons (Fsp3) is 0.412. The van der Waals surface area contributed by atoms with Crippen LogP contribution in [0.2, 0.25) is 0 Å². The van der Waals surface area contributed by atoms with E-state index in [-0.39, 0.29) is 11.9 Å². The molecule has 0 radical (unpaired) electrons. The van der Waals surface area contributed by atoms with Gasteiger partial charge in [-0.15, -0.1) is 0 Å². The number of para-hydroxylation sites is 1. The number of fused-ring (bicyclic) bond motifs is 1. The summed E-state index contributed by atoms with van der Waals surface area (Å²) in [5.74, 6) is -0.0766. The molecule has 1 fully saturated rings. The van der Waals surface area contributed by atoms with Crippen molar-refractivity contribution in [3.8, 4) is 0 Å². The van der Waals surface area contributed by atoms with E-state index in [4.69, 9.17) is 0 Å². The molecule has 4 nitrogen and oxygen atoms in total. The second-order valence-electron chi connectivity index (χ2n) is 5.82. The first kappa shape index (κ1) is 13.9. The first-order valence-corrected chi connectivity index (χ1v) is 7.54. The predicted octanol–water partition coefficient (Wildman–Crippen LogP) is 3.13. The van der Waals surface area contributed by atoms with Crippen LogP contribution in [0.15, 0.2) is 37.2 Å². The number of hydrogen-bond donors (Lipinski definition) is 1. The number of aryl methyl sites for hydroxylation is 1. The Morgan fingerprint density at radius 1 is 1.48 bits per heavy atom. The van der Waals surface area contributed by atoms with Gasteiger partial charge < -0.3 is 9.88 Å². The summed E-state index contributed by atoms with van der Waals surface area (Å²) in [7, 11) is 0. The lowest BCUT2D eigenvalue weighted by atomic mass is 9.90. The zero-order valence-corrected chi connectivity index (χ0v) is 12.4. The lowest BCUT2D eigenvalue weighted by Gasteiger charge is -2.31. The summed E-state index contributed by atoms with van der Waals surface area (Å²) in [6, 6.07) is 6.86. The summed E-state index contributed by atoms with van der Waals surface area (Å²) >= 11 is 0. The third-order valence-corrected chi connectivity index (χ3v) is 4.37. The molecule has 1 heterocycles. The number of benzene rings is 1. The van der Waals surface area contributed by atoms with Gasteiger partial charge in [0.1, 0.15) is 0 Å². The summed E-state index contributed by atoms with van der Waals surface area (Å²) in [5.41, 5.74) is 3.52. The number of nitrogens with one attached hydrogen (secondary N) is 1. The minimum Gasteiger partial charge on any atom is -0.350 e. The van der Waals surface area contributed by atoms with Gasteiger partial charge in [0.15, 0.2) is 0 Å². The molecule has 0 aliphatic heterocycles. The van der Waals surface area contributed by atoms with Gasteiger partial charge in [0.25, 0.3) is 0 Å². The second kappa shape index (κ2) is 5.72. The molecular weight excluding hydrogens is 262 g/mol. The van der Waals surface area contributed by atoms with E-state index in [0.29, 0.717) is 6.04 Å². The quantitative estimate of drug-likeness (QED) is 0.880. The van der Waals surface area contributed by atoms with E-state index in [9.17, 15) is 4.79 Å². The fourth-order valence-corrected chi connectivity index (χ4v) is 3.35. The Morgan fingerprint density at radius 3 is 3.14 bits per heavy atom. The van der Waals surface area contributed by atoms with Crippen molar-refractivity contribution in [1.82, 2.24) is 14.9 Å². The second-order valence-corrected chi connectivity index (χ2v) is 5.82. The van der Waals surface area contributed by atoms with Crippen LogP contribution < -0.4 is 5.32 Å². The lowest BCUT2D eigenvalue weighted by molar-refractivity contribution is -0.117. The van der Waals surface area contributed by atoms with Crippen molar-refractivity contribution in [2.24, 2.45) is 0 Å². The molecule has 1 aliphatic rings. The molecule has 0 spiro atoms. The first-order valence-electron chi connectivity index (χ1n) is 7.54. The molecule has 1 amide bonds. The summed E-state index contributed by atoms with van der Waals surface area (Å²) in [5, 5.41) is 3.03. The largest absolute Gasteiger partial charge is 0.350 e. The van der Waals surface area contributed by atoms with Crippen LogP contribution in [0.1, 0.15) is 37.3 Å². The molecule has 21 heavy (non-hydrogen) atoms. The SMILES string of the molecule is C=CC(=O)N[C@H]1CCC[C@@H](n2cnc3cccc(C)c32)C1. The summed E-state index contributed by atoms with van der Waals surface area (Å²) in [6.45, 7) is 5.65. The zero-order valence-electron chi connectivity index (χ0n) is 12.4. The summed E-state index contributed by atoms with van der Waals surface area (Å²) < 4.78 is 2.29. The fourth-order valence-electron chi connectivity index (χ4n) is 3.35. The van der Waals surface area contributed by atoms with Crippen LogP contribution in [-0.4, -0.2) is 21.5 Å². The molecule has 0 saturated heterocycles. The summed E-state index contributed by atoms with van der Waals surface area (Å²) in [6.07, 6.45) is 7.56. The van der Waals surface area contributed by atoms with Crippen LogP contribution in [0.5, 0.6) is 0 Å². The number of carbonyl (C=O) groups excluding carboxylic acids is 1. The number of nitrogens with zero attached hydrogens (tertiary/aromatic N) is 2. The topological polar surface area (TPSA) is 46.9 Å². The van der Waals surface area contributed by atoms with Crippen LogP contribution in [0.3, 0.4) is 0 Å². The van der Waals surface area contributed by atoms with Crippen molar-refractivity contribution in [2.75, 3.05) is 0 Å². The number of rotatable bonds is 3. The highest BCUT2D eigenvalue weighted by molar-refractivity contribution is 5.87. The highest BCUT2D eigenvalue weighted by atomic mass is 16.1. The number of aromatic nitrogens is 2. The van der Waals surface area contributed by atoms with Gasteiger partial charge >= 0.3 is 0 Å². The Balaban J connectivity index is 1.85. The third kappa shape index (κ3) is 2.71. The monoisotopic (exact) mass is 283 g/mol. The van der Waals surface area contributed by atoms with E-state index in [1.807, 2.05) is 12.4 Å². The van der Waals surface area contributed by atoms with Crippen molar-refractivity contribution in [3.63, 3.8) is 0 Å². The standard InChI is InChI=1S/C17H21N3O/c1-3-16(21)19-13-7-5-8-14(10-13)20-11-18-15-9-4-6-12(2)17(15)20/h3-4,6,9,11,13-14H,1,5,7-8,10H2,2H3,(H,19,21)/t13-,14+/m0/s1. The maximum absolute atomic E-state index is 11.5. The molecule has 110 valence electrons. The lowest BCUT2D eigenvalue weighted by Crippen LogP contribution is -2.37. The van der Waals surface area contributed by atoms with Gasteiger partial charge in [0.2, 0.25) is 5.91 Å². The van der Waals surface area contributed by atoms with Crippen LogP contribution in [-0.2, 0) is 4.79 Å². The molecule has 0 unspecified atom stereocenters. The molecule has 4 heteroatoms. The molecule has 1 saturated carbocycles. The zero-order chi connectivity index (χ0) is 14.8. The molecule has 1 aliphatic carbocycles.